The fourth-order valence-corrected chi connectivity index (χ4v) is 1.93. The summed E-state index contributed by atoms with van der Waals surface area (Å²) >= 11 is 0. The van der Waals surface area contributed by atoms with E-state index in [4.69, 9.17) is 5.11 Å². The van der Waals surface area contributed by atoms with Crippen LogP contribution in [0.1, 0.15) is 33.3 Å². The number of rotatable bonds is 6. The van der Waals surface area contributed by atoms with Crippen LogP contribution in [0.3, 0.4) is 0 Å². The minimum atomic E-state index is -0.714. The number of carboxylic acids is 1. The topological polar surface area (TPSA) is 49.3 Å². The summed E-state index contributed by atoms with van der Waals surface area (Å²) in [6.07, 6.45) is 0.592. The van der Waals surface area contributed by atoms with Crippen LogP contribution in [0.2, 0.25) is 0 Å². The fourth-order valence-electron chi connectivity index (χ4n) is 1.93. The van der Waals surface area contributed by atoms with E-state index in [0.29, 0.717) is 12.5 Å². The second kappa shape index (κ2) is 6.43. The molecule has 3 nitrogen and oxygen atoms in total. The molecular formula is C15H23NO2. The summed E-state index contributed by atoms with van der Waals surface area (Å²) in [6.45, 7) is 8.08. The van der Waals surface area contributed by atoms with E-state index >= 15 is 0 Å². The molecule has 0 heterocycles. The number of aliphatic carboxylic acids is 1. The van der Waals surface area contributed by atoms with Crippen molar-refractivity contribution in [1.29, 1.82) is 0 Å². The normalized spacial score (nSPS) is 12.8. The van der Waals surface area contributed by atoms with Crippen molar-refractivity contribution < 1.29 is 9.90 Å². The van der Waals surface area contributed by atoms with E-state index < -0.39 is 5.97 Å². The van der Waals surface area contributed by atoms with Crippen LogP contribution in [-0.2, 0) is 11.2 Å². The largest absolute Gasteiger partial charge is 0.481 e. The first-order chi connectivity index (χ1) is 8.40. The lowest BCUT2D eigenvalue weighted by Gasteiger charge is -2.16. The summed E-state index contributed by atoms with van der Waals surface area (Å²) in [6, 6.07) is 8.42. The van der Waals surface area contributed by atoms with Gasteiger partial charge in [0.05, 0.1) is 5.92 Å². The first-order valence-corrected chi connectivity index (χ1v) is 6.48. The predicted octanol–water partition coefficient (Wildman–Crippen LogP) is 3.41. The lowest BCUT2D eigenvalue weighted by molar-refractivity contribution is -0.143. The van der Waals surface area contributed by atoms with Crippen LogP contribution < -0.4 is 5.32 Å². The minimum Gasteiger partial charge on any atom is -0.481 e. The molecule has 0 aliphatic rings. The van der Waals surface area contributed by atoms with Crippen molar-refractivity contribution in [2.45, 2.75) is 40.2 Å². The monoisotopic (exact) mass is 249 g/mol. The molecule has 0 aliphatic carbocycles. The van der Waals surface area contributed by atoms with Gasteiger partial charge in [-0.25, -0.2) is 0 Å². The van der Waals surface area contributed by atoms with Gasteiger partial charge in [-0.3, -0.25) is 4.79 Å². The molecule has 0 fully saturated rings. The Balaban J connectivity index is 2.70. The van der Waals surface area contributed by atoms with Crippen LogP contribution in [0.25, 0.3) is 0 Å². The molecule has 0 unspecified atom stereocenters. The Morgan fingerprint density at radius 1 is 1.17 bits per heavy atom. The standard InChI is InChI=1S/C15H23NO2/c1-10(2)14(15(17)18)9-12-5-7-13(8-6-12)16-11(3)4/h5-8,10-11,14,16H,9H2,1-4H3,(H,17,18)/t14-/m1/s1. The molecule has 1 rings (SSSR count). The number of hydrogen-bond acceptors (Lipinski definition) is 2. The van der Waals surface area contributed by atoms with Crippen LogP contribution >= 0.6 is 0 Å². The molecule has 3 heteroatoms. The van der Waals surface area contributed by atoms with Crippen molar-refractivity contribution in [3.63, 3.8) is 0 Å². The van der Waals surface area contributed by atoms with Gasteiger partial charge in [-0.05, 0) is 43.9 Å². The van der Waals surface area contributed by atoms with Gasteiger partial charge in [0.2, 0.25) is 0 Å². The summed E-state index contributed by atoms with van der Waals surface area (Å²) in [4.78, 5) is 11.1. The second-order valence-electron chi connectivity index (χ2n) is 5.39. The number of nitrogens with one attached hydrogen (secondary N) is 1. The third kappa shape index (κ3) is 4.40. The molecule has 1 atom stereocenters. The minimum absolute atomic E-state index is 0.149. The van der Waals surface area contributed by atoms with Gasteiger partial charge >= 0.3 is 5.97 Å². The molecule has 0 aromatic heterocycles. The second-order valence-corrected chi connectivity index (χ2v) is 5.39. The highest BCUT2D eigenvalue weighted by molar-refractivity contribution is 5.70. The average Bonchev–Trinajstić information content (AvgIpc) is 2.26. The van der Waals surface area contributed by atoms with E-state index in [1.54, 1.807) is 0 Å². The number of carboxylic acid groups (broad SMARTS) is 1. The van der Waals surface area contributed by atoms with Crippen molar-refractivity contribution in [3.8, 4) is 0 Å². The summed E-state index contributed by atoms with van der Waals surface area (Å²) in [5, 5.41) is 12.5. The number of hydrogen-bond donors (Lipinski definition) is 2. The zero-order chi connectivity index (χ0) is 13.7. The third-order valence-corrected chi connectivity index (χ3v) is 2.99. The quantitative estimate of drug-likeness (QED) is 0.812. The summed E-state index contributed by atoms with van der Waals surface area (Å²) < 4.78 is 0. The fraction of sp³-hybridized carbons (Fsp3) is 0.533. The van der Waals surface area contributed by atoms with Crippen LogP contribution in [0.4, 0.5) is 5.69 Å². The van der Waals surface area contributed by atoms with E-state index in [-0.39, 0.29) is 11.8 Å². The molecule has 0 saturated carbocycles. The Bertz CT molecular complexity index is 382. The van der Waals surface area contributed by atoms with Gasteiger partial charge in [-0.1, -0.05) is 26.0 Å². The van der Waals surface area contributed by atoms with E-state index in [1.807, 2.05) is 38.1 Å². The molecule has 2 N–H and O–H groups in total. The predicted molar refractivity (Wildman–Crippen MR) is 74.9 cm³/mol. The van der Waals surface area contributed by atoms with Crippen molar-refractivity contribution in [2.24, 2.45) is 11.8 Å². The molecule has 0 radical (unpaired) electrons. The van der Waals surface area contributed by atoms with Gasteiger partial charge in [0, 0.05) is 11.7 Å². The maximum atomic E-state index is 11.1. The number of benzene rings is 1. The lowest BCUT2D eigenvalue weighted by atomic mass is 9.89. The van der Waals surface area contributed by atoms with Gasteiger partial charge in [-0.15, -0.1) is 0 Å². The Morgan fingerprint density at radius 2 is 1.72 bits per heavy atom. The van der Waals surface area contributed by atoms with Crippen molar-refractivity contribution in [3.05, 3.63) is 29.8 Å². The van der Waals surface area contributed by atoms with Crippen molar-refractivity contribution in [2.75, 3.05) is 5.32 Å². The molecule has 0 amide bonds. The maximum Gasteiger partial charge on any atom is 0.307 e. The first-order valence-electron chi connectivity index (χ1n) is 6.48. The molecule has 1 aromatic carbocycles. The highest BCUT2D eigenvalue weighted by atomic mass is 16.4. The molecule has 18 heavy (non-hydrogen) atoms. The molecule has 0 bridgehead atoms. The Morgan fingerprint density at radius 3 is 2.11 bits per heavy atom. The van der Waals surface area contributed by atoms with Crippen LogP contribution in [0.15, 0.2) is 24.3 Å². The summed E-state index contributed by atoms with van der Waals surface area (Å²) in [5.41, 5.74) is 2.15. The molecule has 1 aromatic rings. The Labute approximate surface area is 109 Å². The lowest BCUT2D eigenvalue weighted by Crippen LogP contribution is -2.22. The highest BCUT2D eigenvalue weighted by Gasteiger charge is 2.21. The van der Waals surface area contributed by atoms with Gasteiger partial charge in [0.25, 0.3) is 0 Å². The number of carbonyl (C=O) groups is 1. The zero-order valence-corrected chi connectivity index (χ0v) is 11.6. The average molecular weight is 249 g/mol. The van der Waals surface area contributed by atoms with Crippen LogP contribution in [-0.4, -0.2) is 17.1 Å². The molecular weight excluding hydrogens is 226 g/mol. The first kappa shape index (κ1) is 14.6. The number of anilines is 1. The van der Waals surface area contributed by atoms with E-state index in [9.17, 15) is 4.79 Å². The summed E-state index contributed by atoms with van der Waals surface area (Å²) in [7, 11) is 0. The third-order valence-electron chi connectivity index (χ3n) is 2.99. The smallest absolute Gasteiger partial charge is 0.307 e. The van der Waals surface area contributed by atoms with Gasteiger partial charge in [0.15, 0.2) is 0 Å². The van der Waals surface area contributed by atoms with Gasteiger partial charge in [0.1, 0.15) is 0 Å². The van der Waals surface area contributed by atoms with E-state index in [1.165, 1.54) is 0 Å². The zero-order valence-electron chi connectivity index (χ0n) is 11.6. The molecule has 0 spiro atoms. The maximum absolute atomic E-state index is 11.1. The highest BCUT2D eigenvalue weighted by Crippen LogP contribution is 2.19. The van der Waals surface area contributed by atoms with Crippen LogP contribution in [0.5, 0.6) is 0 Å². The van der Waals surface area contributed by atoms with Gasteiger partial charge in [-0.2, -0.15) is 0 Å². The van der Waals surface area contributed by atoms with Crippen LogP contribution in [0, 0.1) is 11.8 Å². The Kier molecular flexibility index (Phi) is 5.20. The van der Waals surface area contributed by atoms with Crippen molar-refractivity contribution in [1.82, 2.24) is 0 Å². The summed E-state index contributed by atoms with van der Waals surface area (Å²) in [5.74, 6) is -0.876. The molecule has 100 valence electrons. The molecule has 0 aliphatic heterocycles. The van der Waals surface area contributed by atoms with E-state index in [0.717, 1.165) is 11.3 Å². The molecule has 0 saturated heterocycles. The van der Waals surface area contributed by atoms with Crippen molar-refractivity contribution >= 4 is 11.7 Å². The Hall–Kier alpha value is -1.51. The van der Waals surface area contributed by atoms with Gasteiger partial charge < -0.3 is 10.4 Å². The SMILES string of the molecule is CC(C)Nc1ccc(C[C@@H](C(=O)O)C(C)C)cc1. The van der Waals surface area contributed by atoms with E-state index in [2.05, 4.69) is 19.2 Å².